The zero-order valence-electron chi connectivity index (χ0n) is 15.3. The number of hydrogen-bond donors (Lipinski definition) is 1. The highest BCUT2D eigenvalue weighted by atomic mass is 35.5. The molecule has 5 heteroatoms. The highest BCUT2D eigenvalue weighted by Gasteiger charge is 2.19. The Balaban J connectivity index is 1.72. The number of aromatic nitrogens is 1. The number of benzene rings is 2. The lowest BCUT2D eigenvalue weighted by Crippen LogP contribution is -2.30. The van der Waals surface area contributed by atoms with Crippen molar-refractivity contribution in [1.29, 1.82) is 0 Å². The van der Waals surface area contributed by atoms with Crippen LogP contribution in [0.25, 0.3) is 10.8 Å². The Morgan fingerprint density at radius 2 is 1.78 bits per heavy atom. The maximum absolute atomic E-state index is 13.0. The predicted molar refractivity (Wildman–Crippen MR) is 112 cm³/mol. The number of rotatable bonds is 3. The van der Waals surface area contributed by atoms with E-state index in [0.717, 1.165) is 40.9 Å². The van der Waals surface area contributed by atoms with Crippen molar-refractivity contribution in [2.24, 2.45) is 0 Å². The third-order valence-corrected chi connectivity index (χ3v) is 5.60. The summed E-state index contributed by atoms with van der Waals surface area (Å²) in [4.78, 5) is 20.0. The van der Waals surface area contributed by atoms with Crippen LogP contribution < -0.4 is 10.2 Å². The molecular weight excluding hydrogens is 358 g/mol. The molecule has 1 aromatic heterocycles. The number of carbonyl (C=O) groups is 1. The summed E-state index contributed by atoms with van der Waals surface area (Å²) >= 11 is 6.18. The van der Waals surface area contributed by atoms with E-state index in [1.807, 2.05) is 49.4 Å². The van der Waals surface area contributed by atoms with Crippen molar-refractivity contribution in [2.45, 2.75) is 26.2 Å². The molecule has 0 unspecified atom stereocenters. The van der Waals surface area contributed by atoms with Gasteiger partial charge >= 0.3 is 0 Å². The van der Waals surface area contributed by atoms with E-state index < -0.39 is 0 Å². The minimum absolute atomic E-state index is 0.172. The van der Waals surface area contributed by atoms with Crippen LogP contribution >= 0.6 is 11.6 Å². The normalized spacial score (nSPS) is 14.4. The van der Waals surface area contributed by atoms with Crippen LogP contribution in [0.5, 0.6) is 0 Å². The fourth-order valence-electron chi connectivity index (χ4n) is 3.65. The van der Waals surface area contributed by atoms with Gasteiger partial charge in [0.25, 0.3) is 5.91 Å². The minimum atomic E-state index is -0.172. The Morgan fingerprint density at radius 1 is 1.04 bits per heavy atom. The van der Waals surface area contributed by atoms with Crippen LogP contribution in [-0.2, 0) is 0 Å². The highest BCUT2D eigenvalue weighted by molar-refractivity contribution is 6.31. The Labute approximate surface area is 164 Å². The molecule has 3 aromatic rings. The average Bonchev–Trinajstić information content (AvgIpc) is 2.71. The quantitative estimate of drug-likeness (QED) is 0.659. The van der Waals surface area contributed by atoms with Gasteiger partial charge in [0, 0.05) is 35.4 Å². The number of nitrogens with zero attached hydrogens (tertiary/aromatic N) is 2. The third kappa shape index (κ3) is 3.50. The molecule has 1 saturated heterocycles. The zero-order valence-corrected chi connectivity index (χ0v) is 16.1. The van der Waals surface area contributed by atoms with Gasteiger partial charge in [-0.1, -0.05) is 41.9 Å². The molecule has 0 bridgehead atoms. The lowest BCUT2D eigenvalue weighted by Gasteiger charge is -2.29. The third-order valence-electron chi connectivity index (χ3n) is 5.19. The average molecular weight is 380 g/mol. The molecular formula is C22H22ClN3O. The van der Waals surface area contributed by atoms with Gasteiger partial charge in [-0.05, 0) is 49.3 Å². The fourth-order valence-corrected chi connectivity index (χ4v) is 3.82. The number of pyridine rings is 1. The highest BCUT2D eigenvalue weighted by Crippen LogP contribution is 2.30. The molecule has 4 nitrogen and oxygen atoms in total. The largest absolute Gasteiger partial charge is 0.356 e. The zero-order chi connectivity index (χ0) is 18.8. The first-order valence-electron chi connectivity index (χ1n) is 9.34. The van der Waals surface area contributed by atoms with Gasteiger partial charge in [-0.3, -0.25) is 4.79 Å². The molecule has 1 amide bonds. The number of halogens is 1. The van der Waals surface area contributed by atoms with Crippen LogP contribution in [0.3, 0.4) is 0 Å². The number of hydrogen-bond acceptors (Lipinski definition) is 3. The van der Waals surface area contributed by atoms with Gasteiger partial charge in [0.1, 0.15) is 5.82 Å². The van der Waals surface area contributed by atoms with E-state index in [1.54, 1.807) is 6.20 Å². The van der Waals surface area contributed by atoms with Crippen LogP contribution in [0.2, 0.25) is 5.02 Å². The number of fused-ring (bicyclic) bond motifs is 1. The van der Waals surface area contributed by atoms with Crippen molar-refractivity contribution in [3.8, 4) is 0 Å². The van der Waals surface area contributed by atoms with E-state index in [4.69, 9.17) is 11.6 Å². The molecule has 1 aliphatic heterocycles. The van der Waals surface area contributed by atoms with Crippen LogP contribution in [0.15, 0.2) is 48.7 Å². The van der Waals surface area contributed by atoms with Crippen molar-refractivity contribution in [3.05, 3.63) is 64.8 Å². The molecule has 1 fully saturated rings. The van der Waals surface area contributed by atoms with Gasteiger partial charge < -0.3 is 10.2 Å². The van der Waals surface area contributed by atoms with E-state index in [1.165, 1.54) is 19.3 Å². The van der Waals surface area contributed by atoms with Crippen molar-refractivity contribution >= 4 is 39.8 Å². The van der Waals surface area contributed by atoms with Crippen molar-refractivity contribution in [2.75, 3.05) is 23.3 Å². The van der Waals surface area contributed by atoms with Crippen molar-refractivity contribution in [1.82, 2.24) is 4.98 Å². The molecule has 2 aromatic carbocycles. The van der Waals surface area contributed by atoms with Gasteiger partial charge in [-0.15, -0.1) is 0 Å². The molecule has 2 heterocycles. The molecule has 27 heavy (non-hydrogen) atoms. The van der Waals surface area contributed by atoms with Gasteiger partial charge in [0.2, 0.25) is 0 Å². The summed E-state index contributed by atoms with van der Waals surface area (Å²) in [5.74, 6) is 0.801. The Morgan fingerprint density at radius 3 is 2.56 bits per heavy atom. The Kier molecular flexibility index (Phi) is 4.99. The number of amides is 1. The van der Waals surface area contributed by atoms with E-state index in [-0.39, 0.29) is 5.91 Å². The summed E-state index contributed by atoms with van der Waals surface area (Å²) < 4.78 is 0. The van der Waals surface area contributed by atoms with Crippen LogP contribution in [0.1, 0.15) is 35.2 Å². The molecule has 1 N–H and O–H groups in total. The molecule has 0 radical (unpaired) electrons. The van der Waals surface area contributed by atoms with Crippen LogP contribution in [0.4, 0.5) is 11.5 Å². The van der Waals surface area contributed by atoms with E-state index in [2.05, 4.69) is 15.2 Å². The lowest BCUT2D eigenvalue weighted by atomic mass is 10.0. The smallest absolute Gasteiger partial charge is 0.257 e. The SMILES string of the molecule is Cc1c(Cl)cccc1NC(=O)c1cnc(N2CCCCC2)c2ccccc12. The first-order chi connectivity index (χ1) is 13.1. The molecule has 138 valence electrons. The number of nitrogens with one attached hydrogen (secondary N) is 1. The monoisotopic (exact) mass is 379 g/mol. The molecule has 0 atom stereocenters. The summed E-state index contributed by atoms with van der Waals surface area (Å²) in [6.07, 6.45) is 5.34. The van der Waals surface area contributed by atoms with Crippen LogP contribution in [0, 0.1) is 6.92 Å². The van der Waals surface area contributed by atoms with E-state index in [0.29, 0.717) is 10.6 Å². The van der Waals surface area contributed by atoms with Crippen molar-refractivity contribution in [3.63, 3.8) is 0 Å². The Hall–Kier alpha value is -2.59. The second kappa shape index (κ2) is 7.57. The molecule has 0 spiro atoms. The van der Waals surface area contributed by atoms with E-state index >= 15 is 0 Å². The molecule has 0 aliphatic carbocycles. The number of anilines is 2. The molecule has 0 saturated carbocycles. The van der Waals surface area contributed by atoms with Gasteiger partial charge in [0.15, 0.2) is 0 Å². The fraction of sp³-hybridized carbons (Fsp3) is 0.273. The van der Waals surface area contributed by atoms with Crippen molar-refractivity contribution < 1.29 is 4.79 Å². The second-order valence-corrected chi connectivity index (χ2v) is 7.36. The second-order valence-electron chi connectivity index (χ2n) is 6.96. The van der Waals surface area contributed by atoms with Crippen LogP contribution in [-0.4, -0.2) is 24.0 Å². The number of carbonyl (C=O) groups excluding carboxylic acids is 1. The minimum Gasteiger partial charge on any atom is -0.356 e. The topological polar surface area (TPSA) is 45.2 Å². The predicted octanol–water partition coefficient (Wildman–Crippen LogP) is 5.44. The standard InChI is InChI=1S/C22H22ClN3O/c1-15-19(23)10-7-11-20(15)25-22(27)18-14-24-21(26-12-5-2-6-13-26)17-9-4-3-8-16(17)18/h3-4,7-11,14H,2,5-6,12-13H2,1H3,(H,25,27). The summed E-state index contributed by atoms with van der Waals surface area (Å²) in [7, 11) is 0. The van der Waals surface area contributed by atoms with Gasteiger partial charge in [-0.25, -0.2) is 4.98 Å². The maximum atomic E-state index is 13.0. The Bertz CT molecular complexity index is 996. The summed E-state index contributed by atoms with van der Waals surface area (Å²) in [6, 6.07) is 13.5. The van der Waals surface area contributed by atoms with Gasteiger partial charge in [-0.2, -0.15) is 0 Å². The summed E-state index contributed by atoms with van der Waals surface area (Å²) in [5.41, 5.74) is 2.15. The molecule has 1 aliphatic rings. The first-order valence-corrected chi connectivity index (χ1v) is 9.72. The first kappa shape index (κ1) is 17.8. The number of piperidine rings is 1. The lowest BCUT2D eigenvalue weighted by molar-refractivity contribution is 0.102. The summed E-state index contributed by atoms with van der Waals surface area (Å²) in [5, 5.41) is 5.56. The summed E-state index contributed by atoms with van der Waals surface area (Å²) in [6.45, 7) is 3.93. The maximum Gasteiger partial charge on any atom is 0.257 e. The molecule has 4 rings (SSSR count). The van der Waals surface area contributed by atoms with Gasteiger partial charge in [0.05, 0.1) is 5.56 Å². The van der Waals surface area contributed by atoms with E-state index in [9.17, 15) is 4.79 Å².